The average molecular weight is 455 g/mol. The molecule has 11 heteroatoms. The second-order valence-electron chi connectivity index (χ2n) is 7.44. The highest BCUT2D eigenvalue weighted by Gasteiger charge is 2.66. The van der Waals surface area contributed by atoms with Crippen LogP contribution in [0.2, 0.25) is 0 Å². The number of hydrogen-bond acceptors (Lipinski definition) is 8. The number of alkyl halides is 1. The standard InChI is InChI=1S/C22H18FN3O7/c23-17-20(25-12-11-24-21(25)26(31)32)33-19(16(28)15(27)13-7-3-1-4-8-13)22(17,30)18(29)14-9-5-2-6-10-14/h1-12,15,17,19-20,27,30H/t15?,17-,19+,20+,22+/m0/s1. The Hall–Kier alpha value is -3.80. The molecule has 10 nitrogen and oxygen atoms in total. The molecule has 0 saturated carbocycles. The Morgan fingerprint density at radius 3 is 2.36 bits per heavy atom. The summed E-state index contributed by atoms with van der Waals surface area (Å²) in [6.07, 6.45) is -6.50. The fourth-order valence-corrected chi connectivity index (χ4v) is 3.82. The molecule has 33 heavy (non-hydrogen) atoms. The first-order valence-electron chi connectivity index (χ1n) is 9.82. The molecule has 0 spiro atoms. The number of ether oxygens (including phenoxy) is 1. The predicted molar refractivity (Wildman–Crippen MR) is 110 cm³/mol. The summed E-state index contributed by atoms with van der Waals surface area (Å²) in [6.45, 7) is 0. The molecule has 0 radical (unpaired) electrons. The van der Waals surface area contributed by atoms with Gasteiger partial charge >= 0.3 is 5.95 Å². The van der Waals surface area contributed by atoms with E-state index < -0.39 is 52.6 Å². The summed E-state index contributed by atoms with van der Waals surface area (Å²) in [7, 11) is 0. The fourth-order valence-electron chi connectivity index (χ4n) is 3.82. The van der Waals surface area contributed by atoms with Gasteiger partial charge in [0.2, 0.25) is 12.0 Å². The van der Waals surface area contributed by atoms with Gasteiger partial charge in [-0.25, -0.2) is 4.39 Å². The molecule has 5 atom stereocenters. The van der Waals surface area contributed by atoms with E-state index in [1.165, 1.54) is 36.4 Å². The van der Waals surface area contributed by atoms with Crippen LogP contribution in [-0.2, 0) is 9.53 Å². The molecule has 170 valence electrons. The van der Waals surface area contributed by atoms with E-state index in [2.05, 4.69) is 4.98 Å². The molecule has 4 rings (SSSR count). The number of nitrogens with zero attached hydrogens (tertiary/aromatic N) is 3. The zero-order valence-corrected chi connectivity index (χ0v) is 16.9. The molecule has 1 fully saturated rings. The monoisotopic (exact) mass is 455 g/mol. The van der Waals surface area contributed by atoms with Crippen LogP contribution in [0.15, 0.2) is 73.1 Å². The van der Waals surface area contributed by atoms with E-state index in [9.17, 15) is 29.9 Å². The molecule has 1 aromatic heterocycles. The largest absolute Gasteiger partial charge is 0.436 e. The molecule has 1 aliphatic rings. The van der Waals surface area contributed by atoms with E-state index >= 15 is 4.39 Å². The Labute approximate surface area is 186 Å². The second kappa shape index (κ2) is 8.62. The zero-order valence-electron chi connectivity index (χ0n) is 16.9. The van der Waals surface area contributed by atoms with E-state index in [4.69, 9.17) is 4.74 Å². The summed E-state index contributed by atoms with van der Waals surface area (Å²) in [6, 6.07) is 14.8. The number of hydrogen-bond donors (Lipinski definition) is 2. The number of ketones is 2. The van der Waals surface area contributed by atoms with Gasteiger partial charge in [-0.1, -0.05) is 65.6 Å². The molecule has 0 aliphatic carbocycles. The number of imidazole rings is 1. The Bertz CT molecular complexity index is 1190. The summed E-state index contributed by atoms with van der Waals surface area (Å²) < 4.78 is 21.9. The normalized spacial score (nSPS) is 25.5. The van der Waals surface area contributed by atoms with Gasteiger partial charge in [-0.15, -0.1) is 0 Å². The number of nitro groups is 1. The van der Waals surface area contributed by atoms with E-state index in [-0.39, 0.29) is 11.1 Å². The highest BCUT2D eigenvalue weighted by atomic mass is 19.1. The van der Waals surface area contributed by atoms with Crippen molar-refractivity contribution in [1.82, 2.24) is 9.55 Å². The maximum absolute atomic E-state index is 15.8. The van der Waals surface area contributed by atoms with Crippen LogP contribution < -0.4 is 0 Å². The van der Waals surface area contributed by atoms with Gasteiger partial charge in [-0.3, -0.25) is 9.59 Å². The molecular formula is C22H18FN3O7. The van der Waals surface area contributed by atoms with Gasteiger partial charge < -0.3 is 25.1 Å². The minimum atomic E-state index is -3.07. The molecule has 1 unspecified atom stereocenters. The van der Waals surface area contributed by atoms with Crippen LogP contribution in [0.5, 0.6) is 0 Å². The average Bonchev–Trinajstić information content (AvgIpc) is 3.43. The van der Waals surface area contributed by atoms with Crippen molar-refractivity contribution in [2.24, 2.45) is 0 Å². The van der Waals surface area contributed by atoms with Crippen LogP contribution in [-0.4, -0.2) is 54.1 Å². The molecule has 2 N–H and O–H groups in total. The van der Waals surface area contributed by atoms with E-state index in [0.717, 1.165) is 12.4 Å². The number of rotatable bonds is 7. The highest BCUT2D eigenvalue weighted by Crippen LogP contribution is 2.44. The van der Waals surface area contributed by atoms with Crippen molar-refractivity contribution in [3.05, 3.63) is 94.3 Å². The summed E-state index contributed by atoms with van der Waals surface area (Å²) >= 11 is 0. The van der Waals surface area contributed by atoms with Crippen molar-refractivity contribution >= 4 is 17.5 Å². The summed E-state index contributed by atoms with van der Waals surface area (Å²) in [4.78, 5) is 40.3. The van der Waals surface area contributed by atoms with Crippen molar-refractivity contribution < 1.29 is 33.9 Å². The zero-order chi connectivity index (χ0) is 23.8. The number of aromatic nitrogens is 2. The first-order chi connectivity index (χ1) is 15.8. The van der Waals surface area contributed by atoms with Crippen LogP contribution in [0.3, 0.4) is 0 Å². The topological polar surface area (TPSA) is 145 Å². The van der Waals surface area contributed by atoms with Crippen molar-refractivity contribution in [2.45, 2.75) is 30.2 Å². The molecule has 1 aliphatic heterocycles. The number of aliphatic hydroxyl groups is 2. The third kappa shape index (κ3) is 3.71. The van der Waals surface area contributed by atoms with Crippen molar-refractivity contribution in [3.8, 4) is 0 Å². The lowest BCUT2D eigenvalue weighted by atomic mass is 9.81. The second-order valence-corrected chi connectivity index (χ2v) is 7.44. The number of benzene rings is 2. The van der Waals surface area contributed by atoms with Gasteiger partial charge in [0.25, 0.3) is 0 Å². The van der Waals surface area contributed by atoms with Gasteiger partial charge in [0.15, 0.2) is 23.7 Å². The summed E-state index contributed by atoms with van der Waals surface area (Å²) in [5.74, 6) is -3.16. The maximum atomic E-state index is 15.8. The van der Waals surface area contributed by atoms with Gasteiger partial charge in [0.1, 0.15) is 18.5 Å². The van der Waals surface area contributed by atoms with Gasteiger partial charge in [0.05, 0.1) is 0 Å². The third-order valence-electron chi connectivity index (χ3n) is 5.47. The first-order valence-corrected chi connectivity index (χ1v) is 9.82. The molecular weight excluding hydrogens is 437 g/mol. The van der Waals surface area contributed by atoms with Crippen molar-refractivity contribution in [2.75, 3.05) is 0 Å². The lowest BCUT2D eigenvalue weighted by molar-refractivity contribution is -0.398. The van der Waals surface area contributed by atoms with Gasteiger partial charge in [-0.05, 0) is 10.5 Å². The molecule has 0 amide bonds. The van der Waals surface area contributed by atoms with Crippen molar-refractivity contribution in [3.63, 3.8) is 0 Å². The van der Waals surface area contributed by atoms with Crippen LogP contribution in [0.4, 0.5) is 10.3 Å². The van der Waals surface area contributed by atoms with Crippen molar-refractivity contribution in [1.29, 1.82) is 0 Å². The number of carbonyl (C=O) groups is 2. The fraction of sp³-hybridized carbons (Fsp3) is 0.227. The lowest BCUT2D eigenvalue weighted by Gasteiger charge is -2.28. The number of aliphatic hydroxyl groups excluding tert-OH is 1. The number of Topliss-reactive ketones (excluding diaryl/α,β-unsaturated/α-hetero) is 2. The lowest BCUT2D eigenvalue weighted by Crippen LogP contribution is -2.56. The SMILES string of the molecule is O=C(C(O)c1ccccc1)[C@H]1O[C@@H](n2ccnc2[N+](=O)[O-])[C@H](F)[C@@]1(O)C(=O)c1ccccc1. The molecule has 2 aromatic carbocycles. The quantitative estimate of drug-likeness (QED) is 0.312. The van der Waals surface area contributed by atoms with E-state index in [1.807, 2.05) is 0 Å². The van der Waals surface area contributed by atoms with Gasteiger partial charge in [-0.2, -0.15) is 4.57 Å². The minimum absolute atomic E-state index is 0.112. The summed E-state index contributed by atoms with van der Waals surface area (Å²) in [5, 5.41) is 33.2. The molecule has 1 saturated heterocycles. The Morgan fingerprint density at radius 1 is 1.15 bits per heavy atom. The Kier molecular flexibility index (Phi) is 5.85. The Morgan fingerprint density at radius 2 is 1.76 bits per heavy atom. The predicted octanol–water partition coefficient (Wildman–Crippen LogP) is 1.94. The van der Waals surface area contributed by atoms with E-state index in [1.54, 1.807) is 24.3 Å². The number of carbonyl (C=O) groups excluding carboxylic acids is 2. The molecule has 0 bridgehead atoms. The van der Waals surface area contributed by atoms with Crippen LogP contribution in [0.25, 0.3) is 0 Å². The van der Waals surface area contributed by atoms with Crippen LogP contribution >= 0.6 is 0 Å². The third-order valence-corrected chi connectivity index (χ3v) is 5.47. The number of halogens is 1. The smallest absolute Gasteiger partial charge is 0.390 e. The van der Waals surface area contributed by atoms with Crippen LogP contribution in [0.1, 0.15) is 28.3 Å². The molecule has 2 heterocycles. The van der Waals surface area contributed by atoms with Gasteiger partial charge in [0, 0.05) is 5.56 Å². The molecule has 3 aromatic rings. The summed E-state index contributed by atoms with van der Waals surface area (Å²) in [5.41, 5.74) is -3.05. The maximum Gasteiger partial charge on any atom is 0.436 e. The highest BCUT2D eigenvalue weighted by molar-refractivity contribution is 6.07. The Balaban J connectivity index is 1.79. The minimum Gasteiger partial charge on any atom is -0.390 e. The van der Waals surface area contributed by atoms with Crippen LogP contribution in [0, 0.1) is 10.1 Å². The van der Waals surface area contributed by atoms with E-state index in [0.29, 0.717) is 4.57 Å². The first kappa shape index (κ1) is 22.4.